The van der Waals surface area contributed by atoms with Crippen molar-refractivity contribution < 1.29 is 4.43 Å². The Bertz CT molecular complexity index is 242. The molecule has 0 aromatic heterocycles. The molecule has 0 aliphatic heterocycles. The Balaban J connectivity index is 4.29. The molecule has 0 saturated carbocycles. The second-order valence-corrected chi connectivity index (χ2v) is 15.7. The van der Waals surface area contributed by atoms with Crippen LogP contribution in [0.5, 0.6) is 0 Å². The van der Waals surface area contributed by atoms with Crippen molar-refractivity contribution in [1.29, 1.82) is 0 Å². The summed E-state index contributed by atoms with van der Waals surface area (Å²) in [4.78, 5) is 0. The molecule has 0 aliphatic rings. The van der Waals surface area contributed by atoms with Crippen molar-refractivity contribution in [1.82, 2.24) is 0 Å². The molecule has 0 spiro atoms. The molecule has 0 aliphatic carbocycles. The van der Waals surface area contributed by atoms with Crippen molar-refractivity contribution in [3.05, 3.63) is 0 Å². The van der Waals surface area contributed by atoms with Gasteiger partial charge in [-0.1, -0.05) is 55.4 Å². The zero-order valence-corrected chi connectivity index (χ0v) is 18.9. The molecule has 0 amide bonds. The maximum atomic E-state index is 6.64. The fourth-order valence-corrected chi connectivity index (χ4v) is 11.9. The topological polar surface area (TPSA) is 9.23 Å². The average molecular weight is 365 g/mol. The normalized spacial score (nSPS) is 13.1. The van der Waals surface area contributed by atoms with Crippen LogP contribution in [-0.4, -0.2) is 31.0 Å². The van der Waals surface area contributed by atoms with Crippen molar-refractivity contribution in [3.8, 4) is 0 Å². The summed E-state index contributed by atoms with van der Waals surface area (Å²) in [5.74, 6) is 2.47. The Hall–Kier alpha value is 0.877. The molecule has 0 radical (unpaired) electrons. The van der Waals surface area contributed by atoms with Crippen LogP contribution in [0.4, 0.5) is 0 Å². The van der Waals surface area contributed by atoms with Crippen LogP contribution < -0.4 is 0 Å². The highest BCUT2D eigenvalue weighted by Gasteiger charge is 2.44. The van der Waals surface area contributed by atoms with Gasteiger partial charge in [-0.2, -0.15) is 0 Å². The first-order valence-electron chi connectivity index (χ1n) is 9.19. The Morgan fingerprint density at radius 2 is 1.23 bits per heavy atom. The molecule has 0 heterocycles. The van der Waals surface area contributed by atoms with Gasteiger partial charge in [0.2, 0.25) is 0 Å². The van der Waals surface area contributed by atoms with Gasteiger partial charge in [0.05, 0.1) is 4.58 Å². The number of unbranched alkanes of at least 4 members (excludes halogenated alkanes) is 1. The van der Waals surface area contributed by atoms with Gasteiger partial charge in [-0.05, 0) is 47.4 Å². The first-order valence-corrected chi connectivity index (χ1v) is 13.4. The van der Waals surface area contributed by atoms with E-state index < -0.39 is 8.32 Å². The zero-order valence-electron chi connectivity index (χ0n) is 16.3. The van der Waals surface area contributed by atoms with Crippen LogP contribution in [0.15, 0.2) is 0 Å². The summed E-state index contributed by atoms with van der Waals surface area (Å²) in [6, 6.07) is 0. The highest BCUT2D eigenvalue weighted by Crippen LogP contribution is 2.42. The quantitative estimate of drug-likeness (QED) is 0.194. The molecule has 0 saturated heterocycles. The number of hydrogen-bond acceptors (Lipinski definition) is 3. The van der Waals surface area contributed by atoms with Crippen molar-refractivity contribution in [3.63, 3.8) is 0 Å². The number of hydrogen-bond donors (Lipinski definition) is 0. The number of thioether (sulfide) groups is 2. The van der Waals surface area contributed by atoms with Gasteiger partial charge in [-0.15, -0.1) is 23.5 Å². The van der Waals surface area contributed by atoms with Crippen molar-refractivity contribution in [2.75, 3.05) is 18.1 Å². The first-order chi connectivity index (χ1) is 10.3. The number of rotatable bonds is 13. The summed E-state index contributed by atoms with van der Waals surface area (Å²) in [6.45, 7) is 19.7. The zero-order chi connectivity index (χ0) is 17.2. The Morgan fingerprint density at radius 1 is 0.773 bits per heavy atom. The molecule has 0 N–H and O–H groups in total. The van der Waals surface area contributed by atoms with Crippen molar-refractivity contribution in [2.45, 2.75) is 95.9 Å². The lowest BCUT2D eigenvalue weighted by Crippen LogP contribution is -2.47. The fourth-order valence-electron chi connectivity index (χ4n) is 3.75. The van der Waals surface area contributed by atoms with Crippen LogP contribution in [-0.2, 0) is 4.43 Å². The second-order valence-electron chi connectivity index (χ2n) is 7.00. The molecule has 0 unspecified atom stereocenters. The van der Waals surface area contributed by atoms with Gasteiger partial charge in [0.1, 0.15) is 0 Å². The van der Waals surface area contributed by atoms with Gasteiger partial charge < -0.3 is 4.43 Å². The van der Waals surface area contributed by atoms with E-state index in [0.717, 1.165) is 11.2 Å². The van der Waals surface area contributed by atoms with E-state index >= 15 is 0 Å². The van der Waals surface area contributed by atoms with E-state index in [1.54, 1.807) is 0 Å². The molecule has 0 atom stereocenters. The fraction of sp³-hybridized carbons (Fsp3) is 1.00. The molecule has 4 heteroatoms. The van der Waals surface area contributed by atoms with E-state index in [-0.39, 0.29) is 0 Å². The molecule has 0 aromatic rings. The lowest BCUT2D eigenvalue weighted by molar-refractivity contribution is 0.269. The predicted octanol–water partition coefficient (Wildman–Crippen LogP) is 7.18. The van der Waals surface area contributed by atoms with Gasteiger partial charge >= 0.3 is 0 Å². The van der Waals surface area contributed by atoms with E-state index in [1.807, 2.05) is 0 Å². The minimum atomic E-state index is -1.65. The lowest BCUT2D eigenvalue weighted by Gasteiger charge is -2.42. The van der Waals surface area contributed by atoms with E-state index in [0.29, 0.717) is 16.6 Å². The van der Waals surface area contributed by atoms with Crippen LogP contribution >= 0.6 is 23.5 Å². The monoisotopic (exact) mass is 364 g/mol. The van der Waals surface area contributed by atoms with Crippen molar-refractivity contribution in [2.24, 2.45) is 0 Å². The summed E-state index contributed by atoms with van der Waals surface area (Å²) in [6.07, 6.45) is 3.87. The van der Waals surface area contributed by atoms with Gasteiger partial charge in [0, 0.05) is 6.61 Å². The van der Waals surface area contributed by atoms with Crippen LogP contribution in [0.3, 0.4) is 0 Å². The van der Waals surface area contributed by atoms with Gasteiger partial charge in [0.15, 0.2) is 8.32 Å². The van der Waals surface area contributed by atoms with Crippen LogP contribution in [0.25, 0.3) is 0 Å². The van der Waals surface area contributed by atoms with E-state index in [1.165, 1.54) is 30.8 Å². The summed E-state index contributed by atoms with van der Waals surface area (Å²) in [5, 5.41) is 0. The van der Waals surface area contributed by atoms with Gasteiger partial charge in [-0.25, -0.2) is 0 Å². The van der Waals surface area contributed by atoms with E-state index in [2.05, 4.69) is 78.9 Å². The molecular weight excluding hydrogens is 324 g/mol. The summed E-state index contributed by atoms with van der Waals surface area (Å²) in [7, 11) is -1.65. The smallest absolute Gasteiger partial charge is 0.200 e. The Morgan fingerprint density at radius 3 is 1.59 bits per heavy atom. The minimum Gasteiger partial charge on any atom is -0.416 e. The largest absolute Gasteiger partial charge is 0.416 e. The maximum Gasteiger partial charge on any atom is 0.200 e. The van der Waals surface area contributed by atoms with Crippen LogP contribution in [0, 0.1) is 0 Å². The Kier molecular flexibility index (Phi) is 12.8. The third kappa shape index (κ3) is 7.19. The molecule has 22 heavy (non-hydrogen) atoms. The molecule has 0 rings (SSSR count). The van der Waals surface area contributed by atoms with E-state index in [4.69, 9.17) is 4.43 Å². The average Bonchev–Trinajstić information content (AvgIpc) is 2.41. The predicted molar refractivity (Wildman–Crippen MR) is 111 cm³/mol. The Labute approximate surface area is 150 Å². The first kappa shape index (κ1) is 22.9. The molecule has 0 bridgehead atoms. The lowest BCUT2D eigenvalue weighted by atomic mass is 10.3. The molecular formula is C18H40OS2Si. The minimum absolute atomic E-state index is 0.701. The van der Waals surface area contributed by atoms with Crippen LogP contribution in [0.2, 0.25) is 16.6 Å². The highest BCUT2D eigenvalue weighted by atomic mass is 32.2. The second kappa shape index (κ2) is 12.3. The molecule has 0 aromatic carbocycles. The molecule has 134 valence electrons. The highest BCUT2D eigenvalue weighted by molar-refractivity contribution is 8.16. The third-order valence-corrected chi connectivity index (χ3v) is 13.4. The molecule has 0 fully saturated rings. The third-order valence-electron chi connectivity index (χ3n) is 4.60. The summed E-state index contributed by atoms with van der Waals surface area (Å²) < 4.78 is 7.43. The van der Waals surface area contributed by atoms with Gasteiger partial charge in [0.25, 0.3) is 0 Å². The SMILES string of the molecule is CCSC(CCCCO[Si](C(C)C)(C(C)C)C(C)C)SCC. The standard InChI is InChI=1S/C18H40OS2Si/c1-9-20-18(21-10-2)13-11-12-14-19-22(15(3)4,16(5)6)17(7)8/h15-18H,9-14H2,1-8H3. The van der Waals surface area contributed by atoms with E-state index in [9.17, 15) is 0 Å². The summed E-state index contributed by atoms with van der Waals surface area (Å²) in [5.41, 5.74) is 2.10. The van der Waals surface area contributed by atoms with Crippen LogP contribution in [0.1, 0.15) is 74.7 Å². The van der Waals surface area contributed by atoms with Gasteiger partial charge in [-0.3, -0.25) is 0 Å². The molecule has 1 nitrogen and oxygen atoms in total. The van der Waals surface area contributed by atoms with Crippen molar-refractivity contribution >= 4 is 31.8 Å². The maximum absolute atomic E-state index is 6.64. The summed E-state index contributed by atoms with van der Waals surface area (Å²) >= 11 is 4.22.